The Hall–Kier alpha value is -5.32. The minimum atomic E-state index is -0.325. The van der Waals surface area contributed by atoms with Gasteiger partial charge in [-0.05, 0) is 52.2 Å². The molecular formula is C33H28N6O4. The first-order valence-electron chi connectivity index (χ1n) is 14.0. The van der Waals surface area contributed by atoms with Gasteiger partial charge < -0.3 is 25.0 Å². The van der Waals surface area contributed by atoms with E-state index in [0.29, 0.717) is 54.5 Å². The van der Waals surface area contributed by atoms with Crippen LogP contribution in [0.15, 0.2) is 91.5 Å². The Morgan fingerprint density at radius 3 is 2.44 bits per heavy atom. The molecule has 6 aromatic rings. The van der Waals surface area contributed by atoms with Crippen LogP contribution in [-0.4, -0.2) is 67.8 Å². The SMILES string of the molecule is O=C(c1ccc(-c2cc3c(-c4cccc(NC(=O)n5cc6ccccc6c5)c4CO)ccnc3[nH]2)nc1)N1CCOCC1. The lowest BCUT2D eigenvalue weighted by molar-refractivity contribution is 0.0302. The van der Waals surface area contributed by atoms with E-state index in [4.69, 9.17) is 4.74 Å². The van der Waals surface area contributed by atoms with Crippen LogP contribution in [0, 0.1) is 0 Å². The summed E-state index contributed by atoms with van der Waals surface area (Å²) in [6.07, 6.45) is 6.85. The molecule has 0 saturated carbocycles. The van der Waals surface area contributed by atoms with Gasteiger partial charge in [-0.2, -0.15) is 0 Å². The maximum atomic E-state index is 13.1. The van der Waals surface area contributed by atoms with E-state index in [1.54, 1.807) is 41.8 Å². The minimum absolute atomic E-state index is 0.0588. The van der Waals surface area contributed by atoms with Crippen LogP contribution in [0.5, 0.6) is 0 Å². The van der Waals surface area contributed by atoms with Crippen molar-refractivity contribution in [3.63, 3.8) is 0 Å². The zero-order valence-electron chi connectivity index (χ0n) is 23.2. The van der Waals surface area contributed by atoms with Crippen molar-refractivity contribution in [2.75, 3.05) is 31.6 Å². The number of pyridine rings is 2. The highest BCUT2D eigenvalue weighted by molar-refractivity contribution is 6.00. The molecule has 5 heterocycles. The molecule has 2 aromatic carbocycles. The van der Waals surface area contributed by atoms with Gasteiger partial charge in [-0.3, -0.25) is 14.3 Å². The summed E-state index contributed by atoms with van der Waals surface area (Å²) < 4.78 is 6.86. The number of nitrogens with zero attached hydrogens (tertiary/aromatic N) is 4. The summed E-state index contributed by atoms with van der Waals surface area (Å²) in [6, 6.07) is 20.4. The molecule has 1 aliphatic rings. The van der Waals surface area contributed by atoms with E-state index in [1.807, 2.05) is 54.6 Å². The smallest absolute Gasteiger partial charge is 0.330 e. The van der Waals surface area contributed by atoms with E-state index in [0.717, 1.165) is 33.0 Å². The Balaban J connectivity index is 1.19. The molecule has 3 N–H and O–H groups in total. The summed E-state index contributed by atoms with van der Waals surface area (Å²) in [7, 11) is 0. The van der Waals surface area contributed by atoms with Crippen molar-refractivity contribution in [1.29, 1.82) is 0 Å². The second-order valence-corrected chi connectivity index (χ2v) is 10.4. The molecule has 10 nitrogen and oxygen atoms in total. The topological polar surface area (TPSA) is 125 Å². The summed E-state index contributed by atoms with van der Waals surface area (Å²) in [4.78, 5) is 40.2. The summed E-state index contributed by atoms with van der Waals surface area (Å²) in [5.74, 6) is -0.0588. The number of anilines is 1. The van der Waals surface area contributed by atoms with Gasteiger partial charge in [0, 0.05) is 54.5 Å². The lowest BCUT2D eigenvalue weighted by Gasteiger charge is -2.26. The first-order chi connectivity index (χ1) is 21.1. The fourth-order valence-corrected chi connectivity index (χ4v) is 5.54. The van der Waals surface area contributed by atoms with Crippen molar-refractivity contribution in [3.8, 4) is 22.5 Å². The van der Waals surface area contributed by atoms with Gasteiger partial charge in [0.2, 0.25) is 0 Å². The van der Waals surface area contributed by atoms with E-state index in [2.05, 4.69) is 20.3 Å². The number of ether oxygens (including phenoxy) is 1. The number of carbonyl (C=O) groups excluding carboxylic acids is 2. The number of benzene rings is 2. The number of aromatic amines is 1. The van der Waals surface area contributed by atoms with E-state index < -0.39 is 0 Å². The van der Waals surface area contributed by atoms with Crippen molar-refractivity contribution in [3.05, 3.63) is 103 Å². The number of hydrogen-bond acceptors (Lipinski definition) is 6. The molecule has 43 heavy (non-hydrogen) atoms. The molecular weight excluding hydrogens is 544 g/mol. The molecule has 1 aliphatic heterocycles. The molecule has 4 aromatic heterocycles. The van der Waals surface area contributed by atoms with E-state index >= 15 is 0 Å². The van der Waals surface area contributed by atoms with Crippen molar-refractivity contribution in [2.24, 2.45) is 0 Å². The van der Waals surface area contributed by atoms with Gasteiger partial charge >= 0.3 is 6.03 Å². The number of nitrogens with one attached hydrogen (secondary N) is 2. The fourth-order valence-electron chi connectivity index (χ4n) is 5.54. The number of rotatable bonds is 5. The molecule has 2 amide bonds. The van der Waals surface area contributed by atoms with Gasteiger partial charge in [-0.15, -0.1) is 0 Å². The maximum absolute atomic E-state index is 13.1. The maximum Gasteiger partial charge on any atom is 0.330 e. The van der Waals surface area contributed by atoms with Gasteiger partial charge in [0.25, 0.3) is 5.91 Å². The number of aliphatic hydroxyl groups is 1. The number of carbonyl (C=O) groups is 2. The normalized spacial score (nSPS) is 13.5. The summed E-state index contributed by atoms with van der Waals surface area (Å²) >= 11 is 0. The molecule has 214 valence electrons. The van der Waals surface area contributed by atoms with Gasteiger partial charge in [0.05, 0.1) is 36.8 Å². The highest BCUT2D eigenvalue weighted by Gasteiger charge is 2.20. The molecule has 1 saturated heterocycles. The van der Waals surface area contributed by atoms with Crippen LogP contribution in [0.4, 0.5) is 10.5 Å². The van der Waals surface area contributed by atoms with Crippen LogP contribution in [0.2, 0.25) is 0 Å². The molecule has 10 heteroatoms. The van der Waals surface area contributed by atoms with Crippen LogP contribution in [-0.2, 0) is 11.3 Å². The molecule has 0 aliphatic carbocycles. The number of morpholine rings is 1. The zero-order chi connectivity index (χ0) is 29.3. The van der Waals surface area contributed by atoms with E-state index in [-0.39, 0.29) is 18.5 Å². The van der Waals surface area contributed by atoms with Crippen LogP contribution in [0.3, 0.4) is 0 Å². The van der Waals surface area contributed by atoms with E-state index in [1.165, 1.54) is 4.57 Å². The molecule has 0 radical (unpaired) electrons. The minimum Gasteiger partial charge on any atom is -0.392 e. The summed E-state index contributed by atoms with van der Waals surface area (Å²) in [5, 5.41) is 16.2. The van der Waals surface area contributed by atoms with Crippen molar-refractivity contribution in [1.82, 2.24) is 24.4 Å². The average Bonchev–Trinajstić information content (AvgIpc) is 3.70. The highest BCUT2D eigenvalue weighted by atomic mass is 16.5. The number of H-pyrrole nitrogens is 1. The van der Waals surface area contributed by atoms with Crippen molar-refractivity contribution < 1.29 is 19.4 Å². The third-order valence-corrected chi connectivity index (χ3v) is 7.77. The zero-order valence-corrected chi connectivity index (χ0v) is 23.2. The number of aromatic nitrogens is 4. The van der Waals surface area contributed by atoms with Crippen LogP contribution < -0.4 is 5.32 Å². The van der Waals surface area contributed by atoms with Gasteiger partial charge in [0.1, 0.15) is 5.65 Å². The predicted octanol–water partition coefficient (Wildman–Crippen LogP) is 5.29. The Morgan fingerprint density at radius 2 is 1.72 bits per heavy atom. The second kappa shape index (κ2) is 11.2. The molecule has 0 bridgehead atoms. The fraction of sp³-hybridized carbons (Fsp3) is 0.152. The van der Waals surface area contributed by atoms with Gasteiger partial charge in [-0.1, -0.05) is 36.4 Å². The van der Waals surface area contributed by atoms with Crippen molar-refractivity contribution >= 4 is 39.4 Å². The summed E-state index contributed by atoms with van der Waals surface area (Å²) in [6.45, 7) is 1.95. The quantitative estimate of drug-likeness (QED) is 0.258. The van der Waals surface area contributed by atoms with Gasteiger partial charge in [-0.25, -0.2) is 9.78 Å². The first-order valence-corrected chi connectivity index (χ1v) is 14.0. The Morgan fingerprint density at radius 1 is 0.930 bits per heavy atom. The van der Waals surface area contributed by atoms with Crippen LogP contribution >= 0.6 is 0 Å². The average molecular weight is 573 g/mol. The molecule has 7 rings (SSSR count). The number of hydrogen-bond donors (Lipinski definition) is 3. The first kappa shape index (κ1) is 26.6. The molecule has 0 spiro atoms. The summed E-state index contributed by atoms with van der Waals surface area (Å²) in [5.41, 5.74) is 5.33. The predicted molar refractivity (Wildman–Crippen MR) is 164 cm³/mol. The highest BCUT2D eigenvalue weighted by Crippen LogP contribution is 2.35. The Bertz CT molecular complexity index is 1940. The largest absolute Gasteiger partial charge is 0.392 e. The third kappa shape index (κ3) is 5.03. The molecule has 1 fully saturated rings. The number of amides is 2. The lowest BCUT2D eigenvalue weighted by atomic mass is 9.97. The molecule has 0 atom stereocenters. The number of fused-ring (bicyclic) bond motifs is 2. The third-order valence-electron chi connectivity index (χ3n) is 7.77. The Labute approximate surface area is 246 Å². The van der Waals surface area contributed by atoms with Crippen LogP contribution in [0.1, 0.15) is 15.9 Å². The molecule has 0 unspecified atom stereocenters. The van der Waals surface area contributed by atoms with Crippen molar-refractivity contribution in [2.45, 2.75) is 6.61 Å². The lowest BCUT2D eigenvalue weighted by Crippen LogP contribution is -2.40. The standard InChI is InChI=1S/C33H28N6O4/c40-20-27-24(6-3-7-28(27)37-33(42)39-18-22-4-1-2-5-23(22)19-39)25-10-11-34-31-26(25)16-30(36-31)29-9-8-21(17-35-29)32(41)38-12-14-43-15-13-38/h1-11,16-19,40H,12-15,20H2,(H,34,36)(H,37,42). The van der Waals surface area contributed by atoms with Gasteiger partial charge in [0.15, 0.2) is 0 Å². The Kier molecular flexibility index (Phi) is 6.90. The monoisotopic (exact) mass is 572 g/mol. The van der Waals surface area contributed by atoms with Crippen LogP contribution in [0.25, 0.3) is 44.3 Å². The second-order valence-electron chi connectivity index (χ2n) is 10.4. The number of aliphatic hydroxyl groups excluding tert-OH is 1. The van der Waals surface area contributed by atoms with E-state index in [9.17, 15) is 14.7 Å².